The Labute approximate surface area is 222 Å². The summed E-state index contributed by atoms with van der Waals surface area (Å²) in [6.07, 6.45) is 0.256. The molecule has 2 rings (SSSR count). The van der Waals surface area contributed by atoms with Gasteiger partial charge in [0.25, 0.3) is 0 Å². The zero-order chi connectivity index (χ0) is 27.2. The van der Waals surface area contributed by atoms with Crippen LogP contribution in [0.3, 0.4) is 0 Å². The molecule has 8 nitrogen and oxygen atoms in total. The lowest BCUT2D eigenvalue weighted by Crippen LogP contribution is -2.54. The molecule has 0 aliphatic carbocycles. The highest BCUT2D eigenvalue weighted by molar-refractivity contribution is 7.90. The number of hydrogen-bond acceptors (Lipinski definition) is 4. The van der Waals surface area contributed by atoms with Gasteiger partial charge in [-0.3, -0.25) is 9.59 Å². The quantitative estimate of drug-likeness (QED) is 0.448. The number of nitrogens with one attached hydrogen (secondary N) is 1. The van der Waals surface area contributed by atoms with Gasteiger partial charge in [-0.05, 0) is 50.1 Å². The molecule has 12 heteroatoms. The van der Waals surface area contributed by atoms with Crippen LogP contribution in [0.25, 0.3) is 0 Å². The number of rotatable bonds is 11. The van der Waals surface area contributed by atoms with Gasteiger partial charge in [-0.15, -0.1) is 0 Å². The molecule has 0 saturated carbocycles. The van der Waals surface area contributed by atoms with Crippen LogP contribution in [0, 0.1) is 5.82 Å². The monoisotopic (exact) mass is 560 g/mol. The number of anilines is 1. The number of nitrogens with zero attached hydrogens (tertiary/aromatic N) is 3. The fraction of sp³-hybridized carbons (Fsp3) is 0.417. The highest BCUT2D eigenvalue weighted by Gasteiger charge is 2.34. The summed E-state index contributed by atoms with van der Waals surface area (Å²) in [6.45, 7) is 4.55. The highest BCUT2D eigenvalue weighted by Crippen LogP contribution is 2.26. The van der Waals surface area contributed by atoms with E-state index in [0.717, 1.165) is 10.4 Å². The fourth-order valence-corrected chi connectivity index (χ4v) is 4.88. The number of amides is 2. The summed E-state index contributed by atoms with van der Waals surface area (Å²) in [6, 6.07) is 8.97. The zero-order valence-electron chi connectivity index (χ0n) is 20.8. The predicted octanol–water partition coefficient (Wildman–Crippen LogP) is 4.08. The van der Waals surface area contributed by atoms with Crippen molar-refractivity contribution < 1.29 is 22.4 Å². The summed E-state index contributed by atoms with van der Waals surface area (Å²) in [5.41, 5.74) is 0.301. The van der Waals surface area contributed by atoms with E-state index in [2.05, 4.69) is 5.32 Å². The van der Waals surface area contributed by atoms with Crippen molar-refractivity contribution in [2.45, 2.75) is 45.8 Å². The Morgan fingerprint density at radius 2 is 1.69 bits per heavy atom. The van der Waals surface area contributed by atoms with E-state index in [4.69, 9.17) is 23.2 Å². The minimum Gasteiger partial charge on any atom is -0.352 e. The number of carbonyl (C=O) groups is 2. The van der Waals surface area contributed by atoms with Crippen molar-refractivity contribution in [1.82, 2.24) is 14.5 Å². The summed E-state index contributed by atoms with van der Waals surface area (Å²) in [7, 11) is -1.69. The first-order valence-electron chi connectivity index (χ1n) is 11.3. The average Bonchev–Trinajstić information content (AvgIpc) is 2.79. The van der Waals surface area contributed by atoms with E-state index < -0.39 is 40.4 Å². The van der Waals surface area contributed by atoms with Gasteiger partial charge in [-0.1, -0.05) is 48.3 Å². The Morgan fingerprint density at radius 1 is 1.06 bits per heavy atom. The van der Waals surface area contributed by atoms with Gasteiger partial charge in [0.05, 0.1) is 15.7 Å². The van der Waals surface area contributed by atoms with Crippen molar-refractivity contribution in [3.8, 4) is 0 Å². The largest absolute Gasteiger partial charge is 0.352 e. The van der Waals surface area contributed by atoms with Crippen molar-refractivity contribution in [3.05, 3.63) is 63.9 Å². The maximum absolute atomic E-state index is 14.7. The summed E-state index contributed by atoms with van der Waals surface area (Å²) < 4.78 is 42.5. The molecule has 2 aromatic rings. The van der Waals surface area contributed by atoms with E-state index in [1.54, 1.807) is 39.0 Å². The van der Waals surface area contributed by atoms with Gasteiger partial charge in [0.15, 0.2) is 0 Å². The van der Waals surface area contributed by atoms with Gasteiger partial charge in [0.2, 0.25) is 11.8 Å². The summed E-state index contributed by atoms with van der Waals surface area (Å²) in [5, 5.41) is 3.39. The van der Waals surface area contributed by atoms with Crippen LogP contribution in [-0.2, 0) is 26.3 Å². The van der Waals surface area contributed by atoms with E-state index in [1.165, 1.54) is 37.2 Å². The zero-order valence-corrected chi connectivity index (χ0v) is 23.2. The molecule has 198 valence electrons. The van der Waals surface area contributed by atoms with Gasteiger partial charge in [0.1, 0.15) is 18.4 Å². The van der Waals surface area contributed by atoms with Crippen LogP contribution in [0.1, 0.15) is 32.8 Å². The molecular formula is C24H31Cl2FN4O4S. The Hall–Kier alpha value is -2.40. The molecule has 0 bridgehead atoms. The lowest BCUT2D eigenvalue weighted by molar-refractivity contribution is -0.140. The van der Waals surface area contributed by atoms with Crippen molar-refractivity contribution >= 4 is 50.9 Å². The number of benzene rings is 2. The van der Waals surface area contributed by atoms with Gasteiger partial charge in [0, 0.05) is 26.7 Å². The smallest absolute Gasteiger partial charge is 0.304 e. The van der Waals surface area contributed by atoms with Crippen LogP contribution >= 0.6 is 23.2 Å². The first-order valence-corrected chi connectivity index (χ1v) is 13.4. The van der Waals surface area contributed by atoms with Crippen LogP contribution in [0.2, 0.25) is 10.0 Å². The number of hydrogen-bond donors (Lipinski definition) is 1. The lowest BCUT2D eigenvalue weighted by Gasteiger charge is -2.34. The molecule has 0 aromatic heterocycles. The van der Waals surface area contributed by atoms with Crippen LogP contribution in [0.5, 0.6) is 0 Å². The summed E-state index contributed by atoms with van der Waals surface area (Å²) >= 11 is 12.2. The van der Waals surface area contributed by atoms with Crippen LogP contribution in [0.4, 0.5) is 10.1 Å². The van der Waals surface area contributed by atoms with Gasteiger partial charge in [-0.2, -0.15) is 12.7 Å². The minimum absolute atomic E-state index is 0.0487. The average molecular weight is 562 g/mol. The molecule has 2 amide bonds. The Kier molecular flexibility index (Phi) is 10.5. The molecule has 0 unspecified atom stereocenters. The Bertz CT molecular complexity index is 1190. The van der Waals surface area contributed by atoms with Crippen LogP contribution in [0.15, 0.2) is 42.5 Å². The van der Waals surface area contributed by atoms with Crippen molar-refractivity contribution in [2.24, 2.45) is 0 Å². The molecular weight excluding hydrogens is 530 g/mol. The van der Waals surface area contributed by atoms with Gasteiger partial charge < -0.3 is 10.2 Å². The third-order valence-corrected chi connectivity index (χ3v) is 7.84. The maximum atomic E-state index is 14.7. The first kappa shape index (κ1) is 29.8. The molecule has 0 saturated heterocycles. The molecule has 0 fully saturated rings. The van der Waals surface area contributed by atoms with Crippen LogP contribution in [-0.4, -0.2) is 62.2 Å². The second kappa shape index (κ2) is 12.7. The second-order valence-corrected chi connectivity index (χ2v) is 11.5. The van der Waals surface area contributed by atoms with Gasteiger partial charge >= 0.3 is 10.2 Å². The SMILES string of the molecule is CC[C@H](C(=O)NC(C)C)N(Cc1ccc(Cl)c(Cl)c1)C(=O)CN(c1ccccc1F)S(=O)(=O)N(C)C. The topological polar surface area (TPSA) is 90.0 Å². The van der Waals surface area contributed by atoms with E-state index >= 15 is 0 Å². The molecule has 1 N–H and O–H groups in total. The van der Waals surface area contributed by atoms with Crippen LogP contribution < -0.4 is 9.62 Å². The standard InChI is InChI=1S/C24H31Cl2FN4O4S/c1-6-21(24(33)28-16(2)3)30(14-17-11-12-18(25)19(26)13-17)23(32)15-31(36(34,35)29(4)5)22-10-8-7-9-20(22)27/h7-13,16,21H,6,14-15H2,1-5H3,(H,28,33)/t21-/m1/s1. The molecule has 0 aliphatic heterocycles. The third-order valence-electron chi connectivity index (χ3n) is 5.29. The lowest BCUT2D eigenvalue weighted by atomic mass is 10.1. The molecule has 0 aliphatic rings. The molecule has 2 aromatic carbocycles. The minimum atomic E-state index is -4.26. The normalized spacial score (nSPS) is 12.5. The molecule has 0 radical (unpaired) electrons. The number of halogens is 3. The van der Waals surface area contributed by atoms with Gasteiger partial charge in [-0.25, -0.2) is 8.70 Å². The summed E-state index contributed by atoms with van der Waals surface area (Å²) in [5.74, 6) is -1.90. The third kappa shape index (κ3) is 7.32. The summed E-state index contributed by atoms with van der Waals surface area (Å²) in [4.78, 5) is 28.0. The van der Waals surface area contributed by atoms with Crippen molar-refractivity contribution in [1.29, 1.82) is 0 Å². The highest BCUT2D eigenvalue weighted by atomic mass is 35.5. The number of carbonyl (C=O) groups excluding carboxylic acids is 2. The van der Waals surface area contributed by atoms with Crippen molar-refractivity contribution in [3.63, 3.8) is 0 Å². The first-order chi connectivity index (χ1) is 16.8. The Balaban J connectivity index is 2.55. The van der Waals surface area contributed by atoms with E-state index in [0.29, 0.717) is 14.9 Å². The van der Waals surface area contributed by atoms with Crippen molar-refractivity contribution in [2.75, 3.05) is 24.9 Å². The fourth-order valence-electron chi connectivity index (χ4n) is 3.49. The van der Waals surface area contributed by atoms with E-state index in [9.17, 15) is 22.4 Å². The molecule has 0 spiro atoms. The van der Waals surface area contributed by atoms with E-state index in [-0.39, 0.29) is 29.7 Å². The Morgan fingerprint density at radius 3 is 2.22 bits per heavy atom. The molecule has 1 atom stereocenters. The van der Waals surface area contributed by atoms with E-state index in [1.807, 2.05) is 0 Å². The molecule has 0 heterocycles. The maximum Gasteiger partial charge on any atom is 0.304 e. The number of para-hydroxylation sites is 1. The predicted molar refractivity (Wildman–Crippen MR) is 141 cm³/mol. The second-order valence-electron chi connectivity index (χ2n) is 8.61. The molecule has 36 heavy (non-hydrogen) atoms.